The fourth-order valence-corrected chi connectivity index (χ4v) is 1.61. The van der Waals surface area contributed by atoms with Crippen molar-refractivity contribution in [1.82, 2.24) is 4.57 Å². The molecular weight excluding hydrogens is 172 g/mol. The third-order valence-corrected chi connectivity index (χ3v) is 2.59. The van der Waals surface area contributed by atoms with Crippen LogP contribution in [0.25, 0.3) is 15.7 Å². The average molecular weight is 184 g/mol. The Morgan fingerprint density at radius 1 is 1.36 bits per heavy atom. The minimum Gasteiger partial charge on any atom is -0.351 e. The third-order valence-electron chi connectivity index (χ3n) is 2.59. The van der Waals surface area contributed by atoms with Gasteiger partial charge in [0.2, 0.25) is 6.04 Å². The highest BCUT2D eigenvalue weighted by Crippen LogP contribution is 2.22. The fraction of sp³-hybridized carbons (Fsp3) is 0.250. The maximum Gasteiger partial charge on any atom is 0.246 e. The number of hydrogen-bond acceptors (Lipinski definition) is 0. The summed E-state index contributed by atoms with van der Waals surface area (Å²) in [6.07, 6.45) is 2.04. The Kier molecular flexibility index (Phi) is 2.01. The van der Waals surface area contributed by atoms with E-state index in [1.54, 1.807) is 0 Å². The number of benzene rings is 1. The maximum absolute atomic E-state index is 6.99. The normalized spacial score (nSPS) is 12.6. The standard InChI is InChI=1S/C12H12N2/c1-9(13-2)11-5-4-10-6-7-14(3)12(10)8-11/h4-9H,1,3H3. The van der Waals surface area contributed by atoms with E-state index in [-0.39, 0.29) is 6.04 Å². The molecule has 0 bridgehead atoms. The van der Waals surface area contributed by atoms with Gasteiger partial charge < -0.3 is 9.41 Å². The van der Waals surface area contributed by atoms with Crippen LogP contribution in [0.3, 0.4) is 0 Å². The molecule has 2 heteroatoms. The van der Waals surface area contributed by atoms with Gasteiger partial charge in [-0.2, -0.15) is 0 Å². The highest BCUT2D eigenvalue weighted by Gasteiger charge is 2.09. The van der Waals surface area contributed by atoms with Crippen molar-refractivity contribution in [3.05, 3.63) is 47.4 Å². The molecule has 2 nitrogen and oxygen atoms in total. The smallest absolute Gasteiger partial charge is 0.246 e. The van der Waals surface area contributed by atoms with Crippen LogP contribution in [0.4, 0.5) is 0 Å². The third kappa shape index (κ3) is 1.27. The Morgan fingerprint density at radius 2 is 2.14 bits per heavy atom. The minimum absolute atomic E-state index is 0.0469. The van der Waals surface area contributed by atoms with E-state index in [0.29, 0.717) is 0 Å². The van der Waals surface area contributed by atoms with E-state index in [4.69, 9.17) is 6.57 Å². The first kappa shape index (κ1) is 8.83. The molecule has 0 amide bonds. The molecule has 0 radical (unpaired) electrons. The van der Waals surface area contributed by atoms with Crippen molar-refractivity contribution in [2.24, 2.45) is 7.05 Å². The van der Waals surface area contributed by atoms with Crippen molar-refractivity contribution >= 4 is 10.9 Å². The van der Waals surface area contributed by atoms with E-state index < -0.39 is 0 Å². The van der Waals surface area contributed by atoms with E-state index in [9.17, 15) is 0 Å². The molecule has 0 aliphatic rings. The van der Waals surface area contributed by atoms with E-state index in [2.05, 4.69) is 27.6 Å². The summed E-state index contributed by atoms with van der Waals surface area (Å²) in [5, 5.41) is 1.23. The first-order chi connectivity index (χ1) is 6.72. The van der Waals surface area contributed by atoms with Crippen molar-refractivity contribution < 1.29 is 0 Å². The zero-order chi connectivity index (χ0) is 10.1. The van der Waals surface area contributed by atoms with Crippen molar-refractivity contribution in [3.8, 4) is 0 Å². The molecule has 1 aromatic heterocycles. The molecule has 0 saturated carbocycles. The number of nitrogens with zero attached hydrogens (tertiary/aromatic N) is 2. The van der Waals surface area contributed by atoms with Gasteiger partial charge in [0.05, 0.1) is 0 Å². The van der Waals surface area contributed by atoms with Crippen LogP contribution in [0.1, 0.15) is 18.5 Å². The molecule has 0 spiro atoms. The SMILES string of the molecule is [C-]#[N+]C(C)c1ccc2ccn(C)c2c1. The monoisotopic (exact) mass is 184 g/mol. The Labute approximate surface area is 83.6 Å². The summed E-state index contributed by atoms with van der Waals surface area (Å²) in [6.45, 7) is 8.92. The Hall–Kier alpha value is -1.75. The molecule has 0 aliphatic carbocycles. The molecule has 0 saturated heterocycles. The summed E-state index contributed by atoms with van der Waals surface area (Å²) in [5.41, 5.74) is 2.28. The van der Waals surface area contributed by atoms with Crippen LogP contribution in [0.2, 0.25) is 0 Å². The molecule has 2 aromatic rings. The molecule has 1 atom stereocenters. The van der Waals surface area contributed by atoms with Crippen LogP contribution in [0.5, 0.6) is 0 Å². The molecule has 0 aliphatic heterocycles. The molecule has 0 N–H and O–H groups in total. The molecule has 0 fully saturated rings. The quantitative estimate of drug-likeness (QED) is 0.602. The second-order valence-corrected chi connectivity index (χ2v) is 3.55. The molecule has 70 valence electrons. The summed E-state index contributed by atoms with van der Waals surface area (Å²) in [5.74, 6) is 0. The van der Waals surface area contributed by atoms with Crippen molar-refractivity contribution in [2.45, 2.75) is 13.0 Å². The average Bonchev–Trinajstić information content (AvgIpc) is 2.59. The van der Waals surface area contributed by atoms with Crippen LogP contribution < -0.4 is 0 Å². The summed E-state index contributed by atoms with van der Waals surface area (Å²) >= 11 is 0. The van der Waals surface area contributed by atoms with Gasteiger partial charge in [-0.3, -0.25) is 0 Å². The number of aromatic nitrogens is 1. The van der Waals surface area contributed by atoms with Crippen LogP contribution in [-0.2, 0) is 7.05 Å². The van der Waals surface area contributed by atoms with E-state index >= 15 is 0 Å². The van der Waals surface area contributed by atoms with Gasteiger partial charge >= 0.3 is 0 Å². The lowest BCUT2D eigenvalue weighted by Crippen LogP contribution is -1.89. The van der Waals surface area contributed by atoms with Crippen molar-refractivity contribution in [2.75, 3.05) is 0 Å². The Balaban J connectivity index is 2.61. The molecule has 14 heavy (non-hydrogen) atoms. The topological polar surface area (TPSA) is 9.29 Å². The first-order valence-electron chi connectivity index (χ1n) is 4.64. The predicted molar refractivity (Wildman–Crippen MR) is 57.9 cm³/mol. The second kappa shape index (κ2) is 3.19. The van der Waals surface area contributed by atoms with Gasteiger partial charge in [-0.15, -0.1) is 0 Å². The van der Waals surface area contributed by atoms with E-state index in [1.807, 2.05) is 26.2 Å². The summed E-state index contributed by atoms with van der Waals surface area (Å²) < 4.78 is 2.08. The molecule has 1 aromatic carbocycles. The van der Waals surface area contributed by atoms with Crippen molar-refractivity contribution in [1.29, 1.82) is 0 Å². The minimum atomic E-state index is -0.0469. The highest BCUT2D eigenvalue weighted by molar-refractivity contribution is 5.80. The van der Waals surface area contributed by atoms with Gasteiger partial charge in [0.15, 0.2) is 0 Å². The van der Waals surface area contributed by atoms with Crippen LogP contribution in [0, 0.1) is 6.57 Å². The van der Waals surface area contributed by atoms with Crippen LogP contribution in [0.15, 0.2) is 30.5 Å². The van der Waals surface area contributed by atoms with Crippen molar-refractivity contribution in [3.63, 3.8) is 0 Å². The zero-order valence-electron chi connectivity index (χ0n) is 8.36. The molecule has 1 heterocycles. The van der Waals surface area contributed by atoms with Gasteiger partial charge in [0.1, 0.15) is 0 Å². The van der Waals surface area contributed by atoms with Gasteiger partial charge in [0, 0.05) is 31.2 Å². The number of aryl methyl sites for hydroxylation is 1. The second-order valence-electron chi connectivity index (χ2n) is 3.55. The first-order valence-corrected chi connectivity index (χ1v) is 4.64. The number of rotatable bonds is 1. The summed E-state index contributed by atoms with van der Waals surface area (Å²) in [4.78, 5) is 3.52. The van der Waals surface area contributed by atoms with Gasteiger partial charge in [-0.1, -0.05) is 12.1 Å². The van der Waals surface area contributed by atoms with Crippen LogP contribution >= 0.6 is 0 Å². The largest absolute Gasteiger partial charge is 0.351 e. The Morgan fingerprint density at radius 3 is 2.86 bits per heavy atom. The fourth-order valence-electron chi connectivity index (χ4n) is 1.61. The highest BCUT2D eigenvalue weighted by atomic mass is 14.9. The van der Waals surface area contributed by atoms with Gasteiger partial charge in [0.25, 0.3) is 0 Å². The predicted octanol–water partition coefficient (Wildman–Crippen LogP) is 3.16. The maximum atomic E-state index is 6.99. The van der Waals surface area contributed by atoms with E-state index in [1.165, 1.54) is 10.9 Å². The Bertz CT molecular complexity index is 503. The number of hydrogen-bond donors (Lipinski definition) is 0. The summed E-state index contributed by atoms with van der Waals surface area (Å²) in [6, 6.07) is 8.24. The molecule has 2 rings (SSSR count). The van der Waals surface area contributed by atoms with E-state index in [0.717, 1.165) is 5.56 Å². The lowest BCUT2D eigenvalue weighted by atomic mass is 10.1. The molecule has 1 unspecified atom stereocenters. The molecular formula is C12H12N2. The zero-order valence-corrected chi connectivity index (χ0v) is 8.36. The summed E-state index contributed by atoms with van der Waals surface area (Å²) in [7, 11) is 2.02. The lowest BCUT2D eigenvalue weighted by molar-refractivity contribution is 0.945. The number of fused-ring (bicyclic) bond motifs is 1. The van der Waals surface area contributed by atoms with Gasteiger partial charge in [-0.25, -0.2) is 6.57 Å². The van der Waals surface area contributed by atoms with Crippen LogP contribution in [-0.4, -0.2) is 4.57 Å². The van der Waals surface area contributed by atoms with Gasteiger partial charge in [-0.05, 0) is 17.5 Å². The lowest BCUT2D eigenvalue weighted by Gasteiger charge is -2.01.